The van der Waals surface area contributed by atoms with Gasteiger partial charge in [0, 0.05) is 6.54 Å². The molecule has 0 saturated heterocycles. The van der Waals surface area contributed by atoms with E-state index in [9.17, 15) is 4.79 Å². The summed E-state index contributed by atoms with van der Waals surface area (Å²) in [5, 5.41) is 2.42. The molecule has 130 valence electrons. The Balaban J connectivity index is 1.77. The molecule has 0 fully saturated rings. The molecule has 0 saturated carbocycles. The minimum Gasteiger partial charge on any atom is -0.482 e. The van der Waals surface area contributed by atoms with E-state index in [1.165, 1.54) is 16.3 Å². The molecule has 2 N–H and O–H groups in total. The van der Waals surface area contributed by atoms with Crippen molar-refractivity contribution in [3.8, 4) is 5.75 Å². The second-order valence-electron chi connectivity index (χ2n) is 6.31. The number of benzene rings is 3. The van der Waals surface area contributed by atoms with Crippen molar-refractivity contribution in [2.45, 2.75) is 13.5 Å². The summed E-state index contributed by atoms with van der Waals surface area (Å²) in [7, 11) is 0. The maximum absolute atomic E-state index is 11.1. The summed E-state index contributed by atoms with van der Waals surface area (Å²) in [6.45, 7) is 2.49. The average Bonchev–Trinajstić information content (AvgIpc) is 2.96. The number of para-hydroxylation sites is 1. The van der Waals surface area contributed by atoms with E-state index in [0.29, 0.717) is 12.3 Å². The smallest absolute Gasteiger partial charge is 0.255 e. The molecular weight excluding hydrogens is 326 g/mol. The molecule has 0 aliphatic rings. The van der Waals surface area contributed by atoms with E-state index >= 15 is 0 Å². The Morgan fingerprint density at radius 3 is 2.69 bits per heavy atom. The van der Waals surface area contributed by atoms with Gasteiger partial charge in [0.15, 0.2) is 6.61 Å². The van der Waals surface area contributed by atoms with Gasteiger partial charge in [-0.05, 0) is 41.5 Å². The van der Waals surface area contributed by atoms with E-state index in [1.807, 2.05) is 37.3 Å². The van der Waals surface area contributed by atoms with Crippen LogP contribution in [0.25, 0.3) is 21.8 Å². The van der Waals surface area contributed by atoms with Crippen molar-refractivity contribution in [1.29, 1.82) is 0 Å². The lowest BCUT2D eigenvalue weighted by Crippen LogP contribution is -2.20. The van der Waals surface area contributed by atoms with Crippen LogP contribution < -0.4 is 10.5 Å². The summed E-state index contributed by atoms with van der Waals surface area (Å²) >= 11 is 0. The molecule has 0 atom stereocenters. The summed E-state index contributed by atoms with van der Waals surface area (Å²) in [5.74, 6) is 1.00. The van der Waals surface area contributed by atoms with E-state index in [-0.39, 0.29) is 6.61 Å². The normalized spacial score (nSPS) is 11.1. The minimum absolute atomic E-state index is 0.153. The first-order valence-electron chi connectivity index (χ1n) is 8.46. The van der Waals surface area contributed by atoms with Gasteiger partial charge in [-0.15, -0.1) is 0 Å². The van der Waals surface area contributed by atoms with E-state index < -0.39 is 5.91 Å². The summed E-state index contributed by atoms with van der Waals surface area (Å²) in [6, 6.07) is 20.4. The van der Waals surface area contributed by atoms with Crippen LogP contribution in [0.4, 0.5) is 0 Å². The molecule has 5 nitrogen and oxygen atoms in total. The van der Waals surface area contributed by atoms with Gasteiger partial charge in [-0.3, -0.25) is 4.79 Å². The van der Waals surface area contributed by atoms with Crippen LogP contribution in [-0.2, 0) is 11.3 Å². The van der Waals surface area contributed by atoms with Gasteiger partial charge in [-0.2, -0.15) is 0 Å². The van der Waals surface area contributed by atoms with E-state index in [0.717, 1.165) is 16.9 Å². The van der Waals surface area contributed by atoms with Crippen LogP contribution in [0.3, 0.4) is 0 Å². The highest BCUT2D eigenvalue weighted by Gasteiger charge is 2.13. The standard InChI is InChI=1S/C21H19N3O2/c1-14-23-18-7-4-8-19(26-13-20(22)25)21(18)24(14)12-15-9-10-16-5-2-3-6-17(16)11-15/h2-11H,12-13H2,1H3,(H2,22,25). The van der Waals surface area contributed by atoms with E-state index in [1.54, 1.807) is 0 Å². The molecule has 0 aliphatic heterocycles. The van der Waals surface area contributed by atoms with E-state index in [4.69, 9.17) is 10.5 Å². The monoisotopic (exact) mass is 345 g/mol. The summed E-state index contributed by atoms with van der Waals surface area (Å²) < 4.78 is 7.71. The molecule has 4 aromatic rings. The van der Waals surface area contributed by atoms with Crippen LogP contribution >= 0.6 is 0 Å². The van der Waals surface area contributed by atoms with Crippen molar-refractivity contribution in [2.75, 3.05) is 6.61 Å². The summed E-state index contributed by atoms with van der Waals surface area (Å²) in [5.41, 5.74) is 8.11. The predicted molar refractivity (Wildman–Crippen MR) is 102 cm³/mol. The van der Waals surface area contributed by atoms with E-state index in [2.05, 4.69) is 39.9 Å². The highest BCUT2D eigenvalue weighted by Crippen LogP contribution is 2.28. The quantitative estimate of drug-likeness (QED) is 0.602. The molecule has 26 heavy (non-hydrogen) atoms. The number of rotatable bonds is 5. The number of nitrogens with two attached hydrogens (primary N) is 1. The zero-order valence-corrected chi connectivity index (χ0v) is 14.5. The lowest BCUT2D eigenvalue weighted by molar-refractivity contribution is -0.119. The number of primary amides is 1. The van der Waals surface area contributed by atoms with Crippen LogP contribution in [0, 0.1) is 6.92 Å². The summed E-state index contributed by atoms with van der Waals surface area (Å²) in [6.07, 6.45) is 0. The minimum atomic E-state index is -0.501. The van der Waals surface area contributed by atoms with Gasteiger partial charge < -0.3 is 15.0 Å². The molecule has 1 heterocycles. The third kappa shape index (κ3) is 2.99. The van der Waals surface area contributed by atoms with Gasteiger partial charge in [0.2, 0.25) is 0 Å². The van der Waals surface area contributed by atoms with Gasteiger partial charge in [0.05, 0.1) is 5.52 Å². The van der Waals surface area contributed by atoms with Crippen molar-refractivity contribution in [1.82, 2.24) is 9.55 Å². The maximum Gasteiger partial charge on any atom is 0.255 e. The second kappa shape index (κ2) is 6.52. The van der Waals surface area contributed by atoms with Gasteiger partial charge in [-0.25, -0.2) is 4.98 Å². The molecule has 0 aliphatic carbocycles. The van der Waals surface area contributed by atoms with Crippen LogP contribution in [-0.4, -0.2) is 22.1 Å². The van der Waals surface area contributed by atoms with Gasteiger partial charge in [-0.1, -0.05) is 42.5 Å². The number of fused-ring (bicyclic) bond motifs is 2. The number of imidazole rings is 1. The zero-order valence-electron chi connectivity index (χ0n) is 14.5. The third-order valence-corrected chi connectivity index (χ3v) is 4.45. The van der Waals surface area contributed by atoms with Crippen molar-refractivity contribution >= 4 is 27.7 Å². The Morgan fingerprint density at radius 1 is 1.08 bits per heavy atom. The number of carbonyl (C=O) groups is 1. The number of ether oxygens (including phenoxy) is 1. The van der Waals surface area contributed by atoms with Crippen LogP contribution in [0.2, 0.25) is 0 Å². The number of aromatic nitrogens is 2. The number of hydrogen-bond acceptors (Lipinski definition) is 3. The maximum atomic E-state index is 11.1. The van der Waals surface area contributed by atoms with Crippen molar-refractivity contribution < 1.29 is 9.53 Å². The van der Waals surface area contributed by atoms with Crippen LogP contribution in [0.5, 0.6) is 5.75 Å². The molecule has 1 amide bonds. The Kier molecular flexibility index (Phi) is 4.05. The Labute approximate surface area is 151 Å². The third-order valence-electron chi connectivity index (χ3n) is 4.45. The molecule has 0 spiro atoms. The number of aryl methyl sites for hydroxylation is 1. The molecule has 1 aromatic heterocycles. The lowest BCUT2D eigenvalue weighted by Gasteiger charge is -2.11. The highest BCUT2D eigenvalue weighted by molar-refractivity contribution is 5.85. The van der Waals surface area contributed by atoms with Gasteiger partial charge in [0.1, 0.15) is 17.1 Å². The first-order chi connectivity index (χ1) is 12.6. The van der Waals surface area contributed by atoms with Crippen molar-refractivity contribution in [2.24, 2.45) is 5.73 Å². The second-order valence-corrected chi connectivity index (χ2v) is 6.31. The van der Waals surface area contributed by atoms with Crippen molar-refractivity contribution in [3.63, 3.8) is 0 Å². The topological polar surface area (TPSA) is 70.1 Å². The number of hydrogen-bond donors (Lipinski definition) is 1. The predicted octanol–water partition coefficient (Wildman–Crippen LogP) is 3.41. The molecule has 5 heteroatoms. The molecule has 3 aromatic carbocycles. The van der Waals surface area contributed by atoms with Gasteiger partial charge >= 0.3 is 0 Å². The summed E-state index contributed by atoms with van der Waals surface area (Å²) in [4.78, 5) is 15.7. The molecule has 0 bridgehead atoms. The fraction of sp³-hybridized carbons (Fsp3) is 0.143. The number of carbonyl (C=O) groups excluding carboxylic acids is 1. The first-order valence-corrected chi connectivity index (χ1v) is 8.46. The largest absolute Gasteiger partial charge is 0.482 e. The van der Waals surface area contributed by atoms with Crippen LogP contribution in [0.1, 0.15) is 11.4 Å². The fourth-order valence-corrected chi connectivity index (χ4v) is 3.25. The van der Waals surface area contributed by atoms with Crippen LogP contribution in [0.15, 0.2) is 60.7 Å². The number of amides is 1. The number of nitrogens with zero attached hydrogens (tertiary/aromatic N) is 2. The zero-order chi connectivity index (χ0) is 18.1. The highest BCUT2D eigenvalue weighted by atomic mass is 16.5. The first kappa shape index (κ1) is 16.1. The molecule has 0 unspecified atom stereocenters. The Bertz CT molecular complexity index is 1110. The SMILES string of the molecule is Cc1nc2cccc(OCC(N)=O)c2n1Cc1ccc2ccccc2c1. The molecular formula is C21H19N3O2. The average molecular weight is 345 g/mol. The Hall–Kier alpha value is -3.34. The molecule has 4 rings (SSSR count). The molecule has 0 radical (unpaired) electrons. The van der Waals surface area contributed by atoms with Gasteiger partial charge in [0.25, 0.3) is 5.91 Å². The Morgan fingerprint density at radius 2 is 1.88 bits per heavy atom. The fourth-order valence-electron chi connectivity index (χ4n) is 3.25. The van der Waals surface area contributed by atoms with Crippen molar-refractivity contribution in [3.05, 3.63) is 72.1 Å². The lowest BCUT2D eigenvalue weighted by atomic mass is 10.1.